The predicted molar refractivity (Wildman–Crippen MR) is 399 cm³/mol. The van der Waals surface area contributed by atoms with Crippen LogP contribution in [0.3, 0.4) is 0 Å². The van der Waals surface area contributed by atoms with Crippen LogP contribution in [0.25, 0.3) is 89.1 Å². The number of aromatic nitrogens is 2. The van der Waals surface area contributed by atoms with Crippen molar-refractivity contribution in [2.24, 2.45) is 9.98 Å². The van der Waals surface area contributed by atoms with Crippen LogP contribution in [-0.4, -0.2) is 21.4 Å². The van der Waals surface area contributed by atoms with Crippen LogP contribution in [0, 0.1) is 46.5 Å². The van der Waals surface area contributed by atoms with E-state index in [4.69, 9.17) is 9.98 Å². The maximum absolute atomic E-state index is 18.5. The fraction of sp³-hybridized carbons (Fsp3) is 0. The van der Waals surface area contributed by atoms with Gasteiger partial charge in [-0.3, -0.25) is 0 Å². The molecule has 4 nitrogen and oxygen atoms in total. The standard InChI is InChI=1S/C92H54F8N4/c93-61-45-25-46-62(94)77(61)81-85-69(53-29-9-1-10-30-53)70(54-31-11-2-12-32-54)86(101-85)82(78-63(95)47-26-48-64(78)96)88-73(57-37-17-5-18-38-57)74(58-39-19-6-20-40-58)90(103-88)84(80-67(99)51-28-52-68(80)100)92-76(60-43-23-8-24-44-60)75(59-41-21-7-22-42-59)91(104-92)83(79-65(97)49-27-50-66(79)98)89-72(56-35-15-4-16-36-56)71(87(81)102-89)55-33-13-3-14-34-55/h1-52,101,104H. The molecule has 0 amide bonds. The van der Waals surface area contributed by atoms with Gasteiger partial charge in [0.25, 0.3) is 0 Å². The first-order chi connectivity index (χ1) is 51.0. The lowest BCUT2D eigenvalue weighted by atomic mass is 9.83. The van der Waals surface area contributed by atoms with E-state index in [1.165, 1.54) is 24.3 Å². The van der Waals surface area contributed by atoms with Crippen LogP contribution < -0.4 is 10.7 Å². The molecule has 12 aromatic carbocycles. The number of fused-ring (bicyclic) bond motifs is 10. The molecule has 2 N–H and O–H groups in total. The van der Waals surface area contributed by atoms with E-state index in [9.17, 15) is 0 Å². The summed E-state index contributed by atoms with van der Waals surface area (Å²) in [6, 6.07) is 85.7. The number of aliphatic imine (C=N–C) groups is 2. The van der Waals surface area contributed by atoms with Crippen molar-refractivity contribution in [1.82, 2.24) is 9.97 Å². The van der Waals surface area contributed by atoms with Crippen molar-refractivity contribution in [2.75, 3.05) is 0 Å². The van der Waals surface area contributed by atoms with Crippen molar-refractivity contribution in [2.45, 2.75) is 0 Å². The molecule has 2 aromatic heterocycles. The monoisotopic (exact) mass is 1370 g/mol. The molecule has 0 radical (unpaired) electrons. The Balaban J connectivity index is 1.28. The third-order valence-electron chi connectivity index (χ3n) is 19.2. The smallest absolute Gasteiger partial charge is 0.134 e. The van der Waals surface area contributed by atoms with E-state index in [1.54, 1.807) is 243 Å². The summed E-state index contributed by atoms with van der Waals surface area (Å²) in [5, 5.41) is -0.0734. The Bertz CT molecular complexity index is 5670. The van der Waals surface area contributed by atoms with Gasteiger partial charge in [-0.1, -0.05) is 267 Å². The second-order valence-electron chi connectivity index (χ2n) is 25.2. The first-order valence-electron chi connectivity index (χ1n) is 33.7. The quantitative estimate of drug-likeness (QED) is 0.115. The average molecular weight is 1370 g/mol. The Morgan fingerprint density at radius 1 is 0.173 bits per heavy atom. The summed E-state index contributed by atoms with van der Waals surface area (Å²) in [7, 11) is 0. The zero-order chi connectivity index (χ0) is 70.7. The first-order valence-corrected chi connectivity index (χ1v) is 33.7. The molecular weight excluding hydrogens is 1310 g/mol. The molecule has 0 saturated carbocycles. The molecule has 12 heteroatoms. The van der Waals surface area contributed by atoms with E-state index in [0.29, 0.717) is 44.5 Å². The lowest BCUT2D eigenvalue weighted by molar-refractivity contribution is 0.576. The number of benzene rings is 12. The van der Waals surface area contributed by atoms with Gasteiger partial charge in [0.15, 0.2) is 0 Å². The summed E-state index contributed by atoms with van der Waals surface area (Å²) < 4.78 is 148. The predicted octanol–water partition coefficient (Wildman–Crippen LogP) is 21.9. The fourth-order valence-electron chi connectivity index (χ4n) is 14.9. The van der Waals surface area contributed by atoms with E-state index < -0.39 is 68.8 Å². The minimum absolute atomic E-state index is 0.0367. The van der Waals surface area contributed by atoms with Crippen LogP contribution in [0.2, 0.25) is 0 Å². The van der Waals surface area contributed by atoms with Crippen LogP contribution in [0.15, 0.2) is 337 Å². The molecule has 0 atom stereocenters. The number of rotatable bonds is 12. The lowest BCUT2D eigenvalue weighted by Gasteiger charge is -2.18. The molecule has 0 saturated heterocycles. The maximum atomic E-state index is 18.5. The lowest BCUT2D eigenvalue weighted by Crippen LogP contribution is -2.25. The van der Waals surface area contributed by atoms with Gasteiger partial charge in [0.1, 0.15) is 46.5 Å². The van der Waals surface area contributed by atoms with Gasteiger partial charge in [-0.2, -0.15) is 0 Å². The summed E-state index contributed by atoms with van der Waals surface area (Å²) >= 11 is 0. The molecule has 498 valence electrons. The van der Waals surface area contributed by atoms with Gasteiger partial charge in [-0.25, -0.2) is 45.1 Å². The van der Waals surface area contributed by atoms with Crippen LogP contribution in [-0.2, 0) is 0 Å². The highest BCUT2D eigenvalue weighted by atomic mass is 19.2. The van der Waals surface area contributed by atoms with Crippen LogP contribution >= 0.6 is 0 Å². The van der Waals surface area contributed by atoms with Gasteiger partial charge in [-0.05, 0) is 93.0 Å². The van der Waals surface area contributed by atoms with Crippen molar-refractivity contribution in [3.8, 4) is 44.5 Å². The molecule has 3 aliphatic rings. The summed E-state index contributed by atoms with van der Waals surface area (Å²) in [5.41, 5.74) is 1.48. The van der Waals surface area contributed by atoms with Gasteiger partial charge in [0, 0.05) is 66.8 Å². The SMILES string of the molecule is Fc1cccc(F)c1C1=C2N=C(C(c3ccccc3)=C2c2ccccc2)C(c2c(F)cccc2F)=c2[nH]c(c(-c3ccccc3)c2-c2ccccc2)=C(c2c(F)cccc2F)C2=NC(=C(c3c(F)cccc3F)c3[nH]c1c(-c1ccccc1)c3-c1ccccc1)C(c1ccccc1)=C2c1ccccc1. The second kappa shape index (κ2) is 26.6. The highest BCUT2D eigenvalue weighted by molar-refractivity contribution is 6.53. The molecule has 104 heavy (non-hydrogen) atoms. The molecule has 8 bridgehead atoms. The average Bonchev–Trinajstić information content (AvgIpc) is 1.53. The molecule has 4 heterocycles. The van der Waals surface area contributed by atoms with Crippen molar-refractivity contribution in [3.63, 3.8) is 0 Å². The minimum Gasteiger partial charge on any atom is -0.353 e. The van der Waals surface area contributed by atoms with Crippen LogP contribution in [0.5, 0.6) is 0 Å². The number of hydrogen-bond donors (Lipinski definition) is 2. The Labute approximate surface area is 592 Å². The normalized spacial score (nSPS) is 13.7. The summed E-state index contributed by atoms with van der Waals surface area (Å²) in [6.07, 6.45) is 0. The van der Waals surface area contributed by atoms with Crippen molar-refractivity contribution < 1.29 is 35.1 Å². The fourth-order valence-corrected chi connectivity index (χ4v) is 14.9. The van der Waals surface area contributed by atoms with E-state index >= 15 is 35.1 Å². The Morgan fingerprint density at radius 3 is 0.635 bits per heavy atom. The third kappa shape index (κ3) is 10.8. The zero-order valence-electron chi connectivity index (χ0n) is 54.9. The van der Waals surface area contributed by atoms with Crippen LogP contribution in [0.1, 0.15) is 55.9 Å². The molecule has 0 spiro atoms. The molecular formula is C92H54F8N4. The largest absolute Gasteiger partial charge is 0.353 e. The zero-order valence-corrected chi connectivity index (χ0v) is 54.9. The van der Waals surface area contributed by atoms with Crippen molar-refractivity contribution in [3.05, 3.63) is 440 Å². The molecule has 1 aliphatic carbocycles. The number of hydrogen-bond acceptors (Lipinski definition) is 2. The second-order valence-corrected chi connectivity index (χ2v) is 25.2. The topological polar surface area (TPSA) is 56.3 Å². The Morgan fingerprint density at radius 2 is 0.385 bits per heavy atom. The minimum atomic E-state index is -1.05. The third-order valence-corrected chi connectivity index (χ3v) is 19.2. The van der Waals surface area contributed by atoms with Gasteiger partial charge >= 0.3 is 0 Å². The number of aromatic amines is 2. The number of nitrogens with zero attached hydrogens (tertiary/aromatic N) is 2. The highest BCUT2D eigenvalue weighted by Gasteiger charge is 2.42. The van der Waals surface area contributed by atoms with E-state index in [0.717, 1.165) is 48.5 Å². The molecule has 0 unspecified atom stereocenters. The Kier molecular flexibility index (Phi) is 16.4. The van der Waals surface area contributed by atoms with Crippen LogP contribution in [0.4, 0.5) is 35.1 Å². The van der Waals surface area contributed by atoms with Gasteiger partial charge < -0.3 is 9.97 Å². The van der Waals surface area contributed by atoms with E-state index in [-0.39, 0.29) is 112 Å². The van der Waals surface area contributed by atoms with Crippen molar-refractivity contribution in [1.29, 1.82) is 0 Å². The Hall–Kier alpha value is -13.3. The van der Waals surface area contributed by atoms with E-state index in [2.05, 4.69) is 9.97 Å². The molecule has 2 aliphatic heterocycles. The van der Waals surface area contributed by atoms with Crippen molar-refractivity contribution >= 4 is 56.0 Å². The first kappa shape index (κ1) is 64.1. The number of H-pyrrole nitrogens is 2. The number of halogens is 8. The molecule has 14 aromatic rings. The molecule has 17 rings (SSSR count). The summed E-state index contributed by atoms with van der Waals surface area (Å²) in [4.78, 5) is 19.0. The summed E-state index contributed by atoms with van der Waals surface area (Å²) in [5.74, 6) is -8.43. The van der Waals surface area contributed by atoms with Gasteiger partial charge in [-0.15, -0.1) is 0 Å². The summed E-state index contributed by atoms with van der Waals surface area (Å²) in [6.45, 7) is 0. The maximum Gasteiger partial charge on any atom is 0.134 e. The molecule has 0 fully saturated rings. The van der Waals surface area contributed by atoms with Gasteiger partial charge in [0.2, 0.25) is 0 Å². The van der Waals surface area contributed by atoms with Gasteiger partial charge in [0.05, 0.1) is 67.2 Å². The number of allylic oxidation sites excluding steroid dienone is 4. The highest BCUT2D eigenvalue weighted by Crippen LogP contribution is 2.55. The number of nitrogens with one attached hydrogen (secondary N) is 2. The van der Waals surface area contributed by atoms with E-state index in [1.807, 2.05) is 0 Å².